The maximum Gasteiger partial charge on any atom is 0.308 e. The lowest BCUT2D eigenvalue weighted by molar-refractivity contribution is -0.293. The van der Waals surface area contributed by atoms with Gasteiger partial charge in [0.25, 0.3) is 0 Å². The van der Waals surface area contributed by atoms with Crippen LogP contribution in [0.5, 0.6) is 0 Å². The highest BCUT2D eigenvalue weighted by molar-refractivity contribution is 5.70. The third-order valence-corrected chi connectivity index (χ3v) is 14.8. The molecule has 13 heteroatoms. The number of carbonyl (C=O) groups excluding carboxylic acids is 1. The van der Waals surface area contributed by atoms with Crippen LogP contribution in [-0.2, 0) is 52.2 Å². The number of hydrogen-bond donors (Lipinski definition) is 2. The molecular formula is C42H60O13. The second kappa shape index (κ2) is 14.7. The predicted octanol–water partition coefficient (Wildman–Crippen LogP) is 3.59. The van der Waals surface area contributed by atoms with E-state index < -0.39 is 48.5 Å². The normalized spacial score (nSPS) is 54.9. The van der Waals surface area contributed by atoms with Gasteiger partial charge in [0.2, 0.25) is 0 Å². The fraction of sp³-hybridized carbons (Fsp3) is 0.881. The second-order valence-electron chi connectivity index (χ2n) is 18.5. The Balaban J connectivity index is 0.934. The summed E-state index contributed by atoms with van der Waals surface area (Å²) in [6.07, 6.45) is 2.38. The fourth-order valence-electron chi connectivity index (χ4n) is 11.9. The van der Waals surface area contributed by atoms with Gasteiger partial charge in [0.15, 0.2) is 5.79 Å². The van der Waals surface area contributed by atoms with Crippen molar-refractivity contribution in [2.24, 2.45) is 11.8 Å². The summed E-state index contributed by atoms with van der Waals surface area (Å²) in [5, 5.41) is 20.6. The van der Waals surface area contributed by atoms with E-state index in [-0.39, 0.29) is 98.0 Å². The molecule has 1 spiro atoms. The molecule has 0 aromatic carbocycles. The van der Waals surface area contributed by atoms with E-state index in [9.17, 15) is 15.0 Å². The molecule has 12 bridgehead atoms. The molecule has 11 aliphatic rings. The Kier molecular flexibility index (Phi) is 10.1. The Bertz CT molecular complexity index is 1490. The van der Waals surface area contributed by atoms with Gasteiger partial charge in [-0.05, 0) is 68.4 Å². The summed E-state index contributed by atoms with van der Waals surface area (Å²) in [7, 11) is 0. The lowest BCUT2D eigenvalue weighted by Gasteiger charge is -2.51. The summed E-state index contributed by atoms with van der Waals surface area (Å²) in [4.78, 5) is 14.0. The lowest BCUT2D eigenvalue weighted by Crippen LogP contribution is -2.62. The van der Waals surface area contributed by atoms with Crippen molar-refractivity contribution in [3.05, 3.63) is 24.3 Å². The second-order valence-corrected chi connectivity index (χ2v) is 18.5. The fourth-order valence-corrected chi connectivity index (χ4v) is 11.9. The summed E-state index contributed by atoms with van der Waals surface area (Å²) in [6.45, 7) is 13.1. The molecule has 21 atom stereocenters. The number of aliphatic hydroxyl groups is 2. The first-order valence-corrected chi connectivity index (χ1v) is 21.3. The first-order chi connectivity index (χ1) is 26.5. The van der Waals surface area contributed by atoms with E-state index >= 15 is 0 Å². The number of hydrogen-bond acceptors (Lipinski definition) is 13. The highest BCUT2D eigenvalue weighted by Gasteiger charge is 2.69. The van der Waals surface area contributed by atoms with Crippen LogP contribution >= 0.6 is 0 Å². The summed E-state index contributed by atoms with van der Waals surface area (Å²) in [6, 6.07) is 0. The molecular weight excluding hydrogens is 712 g/mol. The summed E-state index contributed by atoms with van der Waals surface area (Å²) in [5.74, 6) is -1.18. The maximum atomic E-state index is 14.0. The summed E-state index contributed by atoms with van der Waals surface area (Å²) >= 11 is 0. The zero-order valence-electron chi connectivity index (χ0n) is 32.2. The molecule has 11 heterocycles. The standard InChI is InChI=1S/C42H60O13/c1-19-13-23-5-7-27-20(2)14-25(46-27)9-11-42-18-33-38(54-42)39-40(52-33)41(55-42)37-29(51-39)8-6-24(48-37)15-34(45)53-36-22(4)35-31(16-26(44)28(50-35)10-12-43)49-32(36)17-30(47-23)21(19)3/h19,22-33,35-41,43-44H,2-3,5-18H2,1,4H3/t19-,22+,23+,24-,25?,26-,27+,28-,29+,30-,31+,32+,33?,35+,36-,37+,38+,39+,40-,41+,42+/m1/s1. The van der Waals surface area contributed by atoms with Crippen molar-refractivity contribution in [3.8, 4) is 0 Å². The monoisotopic (exact) mass is 772 g/mol. The van der Waals surface area contributed by atoms with Crippen LogP contribution in [-0.4, -0.2) is 138 Å². The Morgan fingerprint density at radius 1 is 0.673 bits per heavy atom. The predicted molar refractivity (Wildman–Crippen MR) is 193 cm³/mol. The van der Waals surface area contributed by atoms with Crippen LogP contribution in [0.15, 0.2) is 24.3 Å². The maximum absolute atomic E-state index is 14.0. The molecule has 2 N–H and O–H groups in total. The van der Waals surface area contributed by atoms with Crippen LogP contribution in [0.25, 0.3) is 0 Å². The quantitative estimate of drug-likeness (QED) is 0.312. The van der Waals surface area contributed by atoms with Gasteiger partial charge in [-0.2, -0.15) is 0 Å². The van der Waals surface area contributed by atoms with E-state index in [1.807, 2.05) is 6.92 Å². The van der Waals surface area contributed by atoms with Gasteiger partial charge in [-0.15, -0.1) is 0 Å². The Hall–Kier alpha value is -1.49. The van der Waals surface area contributed by atoms with Gasteiger partial charge >= 0.3 is 5.97 Å². The van der Waals surface area contributed by atoms with Crippen LogP contribution < -0.4 is 0 Å². The van der Waals surface area contributed by atoms with Crippen LogP contribution in [0, 0.1) is 11.8 Å². The van der Waals surface area contributed by atoms with Gasteiger partial charge in [0.1, 0.15) is 36.6 Å². The van der Waals surface area contributed by atoms with Crippen molar-refractivity contribution >= 4 is 5.97 Å². The van der Waals surface area contributed by atoms with Gasteiger partial charge < -0.3 is 57.6 Å². The molecule has 11 saturated heterocycles. The third kappa shape index (κ3) is 6.79. The number of esters is 1. The molecule has 11 aliphatic heterocycles. The molecule has 55 heavy (non-hydrogen) atoms. The highest BCUT2D eigenvalue weighted by atomic mass is 16.8. The molecule has 13 nitrogen and oxygen atoms in total. The van der Waals surface area contributed by atoms with E-state index in [4.69, 9.17) is 47.4 Å². The van der Waals surface area contributed by atoms with E-state index in [0.717, 1.165) is 49.7 Å². The molecule has 2 unspecified atom stereocenters. The number of ether oxygens (including phenoxy) is 10. The smallest absolute Gasteiger partial charge is 0.308 e. The number of rotatable bonds is 2. The zero-order valence-corrected chi connectivity index (χ0v) is 32.2. The SMILES string of the molecule is C=C1CC2CC[C@@]34CC5O[C@H]6[C@@H](O3)[C@H]3O[C@H](CC[C@@H]3O[C@H]6[C@H]5O4)CC(=O)O[C@@H]3[C@@H](C)[C@@H]4O[C@H](CCO)[C@H](O)C[C@@H]4O[C@H]3C[C@H]3O[C@@H](CC[C@@H]1O2)C[C@@H](C)C3=C. The van der Waals surface area contributed by atoms with Crippen molar-refractivity contribution in [1.29, 1.82) is 0 Å². The largest absolute Gasteiger partial charge is 0.459 e. The lowest BCUT2D eigenvalue weighted by atomic mass is 9.79. The van der Waals surface area contributed by atoms with Crippen LogP contribution in [0.2, 0.25) is 0 Å². The first-order valence-electron chi connectivity index (χ1n) is 21.3. The van der Waals surface area contributed by atoms with Crippen LogP contribution in [0.1, 0.15) is 97.3 Å². The molecule has 0 aliphatic carbocycles. The highest BCUT2D eigenvalue weighted by Crippen LogP contribution is 2.54. The molecule has 306 valence electrons. The van der Waals surface area contributed by atoms with Crippen LogP contribution in [0.4, 0.5) is 0 Å². The summed E-state index contributed by atoms with van der Waals surface area (Å²) < 4.78 is 66.9. The number of carbonyl (C=O) groups is 1. The van der Waals surface area contributed by atoms with Gasteiger partial charge in [-0.3, -0.25) is 4.79 Å². The topological polar surface area (TPSA) is 150 Å². The molecule has 0 amide bonds. The molecule has 11 fully saturated rings. The number of aliphatic hydroxyl groups excluding tert-OH is 2. The van der Waals surface area contributed by atoms with E-state index in [0.29, 0.717) is 38.5 Å². The molecule has 0 saturated carbocycles. The average molecular weight is 773 g/mol. The van der Waals surface area contributed by atoms with Gasteiger partial charge in [-0.25, -0.2) is 0 Å². The van der Waals surface area contributed by atoms with E-state index in [2.05, 4.69) is 20.1 Å². The van der Waals surface area contributed by atoms with Crippen LogP contribution in [0.3, 0.4) is 0 Å². The Labute approximate surface area is 323 Å². The Morgan fingerprint density at radius 3 is 2.27 bits per heavy atom. The zero-order chi connectivity index (χ0) is 37.7. The molecule has 11 rings (SSSR count). The minimum absolute atomic E-state index is 0.00281. The Morgan fingerprint density at radius 2 is 1.42 bits per heavy atom. The number of fused-ring (bicyclic) bond motifs is 7. The van der Waals surface area contributed by atoms with Crippen molar-refractivity contribution in [2.75, 3.05) is 6.61 Å². The van der Waals surface area contributed by atoms with Crippen molar-refractivity contribution in [3.63, 3.8) is 0 Å². The third-order valence-electron chi connectivity index (χ3n) is 14.8. The molecule has 0 radical (unpaired) electrons. The summed E-state index contributed by atoms with van der Waals surface area (Å²) in [5.41, 5.74) is 2.14. The first kappa shape index (κ1) is 37.8. The minimum atomic E-state index is -0.808. The average Bonchev–Trinajstić information content (AvgIpc) is 3.74. The van der Waals surface area contributed by atoms with Crippen molar-refractivity contribution < 1.29 is 62.4 Å². The van der Waals surface area contributed by atoms with Gasteiger partial charge in [0.05, 0.1) is 79.7 Å². The minimum Gasteiger partial charge on any atom is -0.459 e. The van der Waals surface area contributed by atoms with Crippen molar-refractivity contribution in [1.82, 2.24) is 0 Å². The molecule has 0 aromatic heterocycles. The van der Waals surface area contributed by atoms with Gasteiger partial charge in [0, 0.05) is 38.2 Å². The van der Waals surface area contributed by atoms with Crippen molar-refractivity contribution in [2.45, 2.75) is 213 Å². The molecule has 0 aromatic rings. The van der Waals surface area contributed by atoms with E-state index in [1.165, 1.54) is 0 Å². The van der Waals surface area contributed by atoms with Gasteiger partial charge in [-0.1, -0.05) is 27.0 Å². The van der Waals surface area contributed by atoms with E-state index in [1.54, 1.807) is 0 Å².